The van der Waals surface area contributed by atoms with Crippen molar-refractivity contribution in [3.63, 3.8) is 0 Å². The van der Waals surface area contributed by atoms with Crippen LogP contribution in [0.4, 0.5) is 5.69 Å². The van der Waals surface area contributed by atoms with Crippen LogP contribution in [0, 0.1) is 0 Å². The summed E-state index contributed by atoms with van der Waals surface area (Å²) in [6, 6.07) is 15.9. The molecule has 2 aliphatic rings. The third kappa shape index (κ3) is 4.25. The standard InChI is InChI=1S/C22H27N3O2/c26-19-10-8-18(9-11-19)25-14-12-24(13-15-25)16-22(27)23-21-7-3-5-17-4-1-2-6-20(17)21/h1-2,4,6,8-11,21,26H,3,5,7,12-16H2,(H,23,27)/t21-/m0/s1. The molecule has 1 heterocycles. The van der Waals surface area contributed by atoms with E-state index in [1.54, 1.807) is 12.1 Å². The van der Waals surface area contributed by atoms with Gasteiger partial charge in [-0.15, -0.1) is 0 Å². The smallest absolute Gasteiger partial charge is 0.234 e. The van der Waals surface area contributed by atoms with Crippen LogP contribution in [0.15, 0.2) is 48.5 Å². The number of piperazine rings is 1. The molecule has 1 atom stereocenters. The number of nitrogens with zero attached hydrogens (tertiary/aromatic N) is 2. The number of fused-ring (bicyclic) bond motifs is 1. The highest BCUT2D eigenvalue weighted by molar-refractivity contribution is 5.78. The zero-order valence-electron chi connectivity index (χ0n) is 15.6. The Morgan fingerprint density at radius 3 is 2.56 bits per heavy atom. The number of benzene rings is 2. The van der Waals surface area contributed by atoms with Gasteiger partial charge in [0, 0.05) is 31.9 Å². The van der Waals surface area contributed by atoms with E-state index in [2.05, 4.69) is 39.4 Å². The SMILES string of the molecule is O=C(CN1CCN(c2ccc(O)cc2)CC1)N[C@H]1CCCc2ccccc21. The van der Waals surface area contributed by atoms with Crippen LogP contribution in [-0.4, -0.2) is 48.6 Å². The van der Waals surface area contributed by atoms with Gasteiger partial charge in [-0.2, -0.15) is 0 Å². The van der Waals surface area contributed by atoms with Crippen LogP contribution in [0.2, 0.25) is 0 Å². The van der Waals surface area contributed by atoms with E-state index in [0.29, 0.717) is 12.3 Å². The Balaban J connectivity index is 1.28. The minimum absolute atomic E-state index is 0.120. The molecule has 0 radical (unpaired) electrons. The molecule has 0 spiro atoms. The molecule has 5 nitrogen and oxygen atoms in total. The molecular formula is C22H27N3O2. The van der Waals surface area contributed by atoms with E-state index in [-0.39, 0.29) is 11.9 Å². The number of phenolic OH excluding ortho intramolecular Hbond substituents is 1. The van der Waals surface area contributed by atoms with E-state index >= 15 is 0 Å². The molecule has 2 N–H and O–H groups in total. The molecule has 2 aromatic carbocycles. The van der Waals surface area contributed by atoms with Gasteiger partial charge in [-0.1, -0.05) is 24.3 Å². The molecule has 0 bridgehead atoms. The Morgan fingerprint density at radius 1 is 1.04 bits per heavy atom. The number of nitrogens with one attached hydrogen (secondary N) is 1. The summed E-state index contributed by atoms with van der Waals surface area (Å²) < 4.78 is 0. The Labute approximate surface area is 160 Å². The van der Waals surface area contributed by atoms with Crippen LogP contribution >= 0.6 is 0 Å². The third-order valence-electron chi connectivity index (χ3n) is 5.66. The molecule has 0 aromatic heterocycles. The van der Waals surface area contributed by atoms with E-state index in [1.807, 2.05) is 12.1 Å². The normalized spacial score (nSPS) is 20.1. The Bertz CT molecular complexity index is 782. The number of carbonyl (C=O) groups is 1. The number of aryl methyl sites for hydroxylation is 1. The van der Waals surface area contributed by atoms with E-state index in [9.17, 15) is 9.90 Å². The monoisotopic (exact) mass is 365 g/mol. The number of anilines is 1. The number of aromatic hydroxyl groups is 1. The van der Waals surface area contributed by atoms with Gasteiger partial charge >= 0.3 is 0 Å². The number of carbonyl (C=O) groups excluding carboxylic acids is 1. The summed E-state index contributed by atoms with van der Waals surface area (Å²) in [5, 5.41) is 12.7. The molecule has 2 aromatic rings. The molecule has 1 aliphatic heterocycles. The lowest BCUT2D eigenvalue weighted by atomic mass is 9.88. The predicted molar refractivity (Wildman–Crippen MR) is 107 cm³/mol. The highest BCUT2D eigenvalue weighted by atomic mass is 16.3. The lowest BCUT2D eigenvalue weighted by molar-refractivity contribution is -0.123. The fraction of sp³-hybridized carbons (Fsp3) is 0.409. The van der Waals surface area contributed by atoms with Gasteiger partial charge < -0.3 is 15.3 Å². The van der Waals surface area contributed by atoms with Gasteiger partial charge in [0.2, 0.25) is 5.91 Å². The fourth-order valence-electron chi connectivity index (χ4n) is 4.17. The van der Waals surface area contributed by atoms with Crippen molar-refractivity contribution in [1.82, 2.24) is 10.2 Å². The highest BCUT2D eigenvalue weighted by Gasteiger charge is 2.23. The minimum Gasteiger partial charge on any atom is -0.508 e. The van der Waals surface area contributed by atoms with Crippen LogP contribution in [0.5, 0.6) is 5.75 Å². The average Bonchev–Trinajstić information content (AvgIpc) is 2.69. The van der Waals surface area contributed by atoms with Crippen LogP contribution < -0.4 is 10.2 Å². The van der Waals surface area contributed by atoms with Gasteiger partial charge in [0.05, 0.1) is 12.6 Å². The fourth-order valence-corrected chi connectivity index (χ4v) is 4.17. The van der Waals surface area contributed by atoms with Crippen LogP contribution in [0.25, 0.3) is 0 Å². The highest BCUT2D eigenvalue weighted by Crippen LogP contribution is 2.29. The van der Waals surface area contributed by atoms with Crippen LogP contribution in [-0.2, 0) is 11.2 Å². The summed E-state index contributed by atoms with van der Waals surface area (Å²) in [5.41, 5.74) is 3.78. The van der Waals surface area contributed by atoms with E-state index in [0.717, 1.165) is 51.1 Å². The minimum atomic E-state index is 0.120. The maximum Gasteiger partial charge on any atom is 0.234 e. The number of amides is 1. The van der Waals surface area contributed by atoms with Crippen molar-refractivity contribution < 1.29 is 9.90 Å². The Hall–Kier alpha value is -2.53. The summed E-state index contributed by atoms with van der Waals surface area (Å²) >= 11 is 0. The number of hydrogen-bond acceptors (Lipinski definition) is 4. The number of phenols is 1. The van der Waals surface area contributed by atoms with Gasteiger partial charge in [-0.25, -0.2) is 0 Å². The molecule has 1 fully saturated rings. The third-order valence-corrected chi connectivity index (χ3v) is 5.66. The summed E-state index contributed by atoms with van der Waals surface area (Å²) in [4.78, 5) is 17.1. The molecule has 1 amide bonds. The second kappa shape index (κ2) is 8.01. The molecule has 142 valence electrons. The molecule has 27 heavy (non-hydrogen) atoms. The van der Waals surface area contributed by atoms with Crippen molar-refractivity contribution in [2.45, 2.75) is 25.3 Å². The summed E-state index contributed by atoms with van der Waals surface area (Å²) in [6.07, 6.45) is 3.27. The lowest BCUT2D eigenvalue weighted by Crippen LogP contribution is -2.50. The quantitative estimate of drug-likeness (QED) is 0.875. The maximum absolute atomic E-state index is 12.6. The molecule has 5 heteroatoms. The molecule has 1 aliphatic carbocycles. The first-order chi connectivity index (χ1) is 13.2. The number of hydrogen-bond donors (Lipinski definition) is 2. The van der Waals surface area contributed by atoms with Gasteiger partial charge in [-0.05, 0) is 54.7 Å². The van der Waals surface area contributed by atoms with Crippen molar-refractivity contribution in [2.24, 2.45) is 0 Å². The first-order valence-electron chi connectivity index (χ1n) is 9.82. The van der Waals surface area contributed by atoms with E-state index < -0.39 is 0 Å². The summed E-state index contributed by atoms with van der Waals surface area (Å²) in [5.74, 6) is 0.410. The van der Waals surface area contributed by atoms with Crippen molar-refractivity contribution in [3.8, 4) is 5.75 Å². The topological polar surface area (TPSA) is 55.8 Å². The van der Waals surface area contributed by atoms with Crippen molar-refractivity contribution in [2.75, 3.05) is 37.6 Å². The molecule has 0 saturated carbocycles. The predicted octanol–water partition coefficient (Wildman–Crippen LogP) is 2.71. The van der Waals surface area contributed by atoms with Gasteiger partial charge in [0.25, 0.3) is 0 Å². The number of rotatable bonds is 4. The van der Waals surface area contributed by atoms with Crippen LogP contribution in [0.3, 0.4) is 0 Å². The van der Waals surface area contributed by atoms with Crippen molar-refractivity contribution >= 4 is 11.6 Å². The van der Waals surface area contributed by atoms with Gasteiger partial charge in [0.15, 0.2) is 0 Å². The Kier molecular flexibility index (Phi) is 5.30. The zero-order chi connectivity index (χ0) is 18.6. The van der Waals surface area contributed by atoms with E-state index in [1.165, 1.54) is 11.1 Å². The lowest BCUT2D eigenvalue weighted by Gasteiger charge is -2.36. The first kappa shape index (κ1) is 17.9. The molecule has 1 saturated heterocycles. The molecule has 4 rings (SSSR count). The maximum atomic E-state index is 12.6. The molecular weight excluding hydrogens is 338 g/mol. The second-order valence-electron chi connectivity index (χ2n) is 7.49. The van der Waals surface area contributed by atoms with Gasteiger partial charge in [-0.3, -0.25) is 9.69 Å². The zero-order valence-corrected chi connectivity index (χ0v) is 15.6. The second-order valence-corrected chi connectivity index (χ2v) is 7.49. The average molecular weight is 365 g/mol. The van der Waals surface area contributed by atoms with E-state index in [4.69, 9.17) is 0 Å². The van der Waals surface area contributed by atoms with Gasteiger partial charge in [0.1, 0.15) is 5.75 Å². The first-order valence-corrected chi connectivity index (χ1v) is 9.82. The van der Waals surface area contributed by atoms with Crippen LogP contribution in [0.1, 0.15) is 30.0 Å². The molecule has 0 unspecified atom stereocenters. The van der Waals surface area contributed by atoms with Crippen molar-refractivity contribution in [3.05, 3.63) is 59.7 Å². The summed E-state index contributed by atoms with van der Waals surface area (Å²) in [6.45, 7) is 3.99. The largest absolute Gasteiger partial charge is 0.508 e. The summed E-state index contributed by atoms with van der Waals surface area (Å²) in [7, 11) is 0. The van der Waals surface area contributed by atoms with Crippen molar-refractivity contribution in [1.29, 1.82) is 0 Å². The Morgan fingerprint density at radius 2 is 1.78 bits per heavy atom.